The average Bonchev–Trinajstić information content (AvgIpc) is 3.07. The van der Waals surface area contributed by atoms with Crippen molar-refractivity contribution < 1.29 is 24.2 Å². The van der Waals surface area contributed by atoms with Gasteiger partial charge >= 0.3 is 5.97 Å². The summed E-state index contributed by atoms with van der Waals surface area (Å²) in [7, 11) is 0. The molecule has 0 aromatic carbocycles. The highest BCUT2D eigenvalue weighted by Crippen LogP contribution is 2.46. The van der Waals surface area contributed by atoms with Crippen molar-refractivity contribution in [3.05, 3.63) is 12.2 Å². The van der Waals surface area contributed by atoms with Gasteiger partial charge in [-0.2, -0.15) is 0 Å². The number of hydrogen-bond acceptors (Lipinski definition) is 5. The number of carbonyl (C=O) groups is 3. The highest BCUT2D eigenvalue weighted by Gasteiger charge is 2.58. The number of nitrogens with zero attached hydrogens (tertiary/aromatic N) is 1. The van der Waals surface area contributed by atoms with Crippen LogP contribution in [0, 0.1) is 29.6 Å². The van der Waals surface area contributed by atoms with Crippen molar-refractivity contribution in [2.75, 3.05) is 19.8 Å². The molecule has 2 rings (SSSR count). The predicted molar refractivity (Wildman–Crippen MR) is 128 cm³/mol. The third kappa shape index (κ3) is 6.37. The minimum atomic E-state index is -0.726. The molecule has 1 saturated heterocycles. The first-order chi connectivity index (χ1) is 15.8. The lowest BCUT2D eigenvalue weighted by Crippen LogP contribution is -2.52. The molecule has 1 aliphatic heterocycles. The molecule has 1 heterocycles. The molecule has 2 N–H and O–H groups in total. The van der Waals surface area contributed by atoms with Crippen LogP contribution in [0.4, 0.5) is 0 Å². The molecule has 0 aromatic heterocycles. The van der Waals surface area contributed by atoms with Crippen LogP contribution in [0.5, 0.6) is 0 Å². The molecule has 7 heteroatoms. The Balaban J connectivity index is 2.45. The summed E-state index contributed by atoms with van der Waals surface area (Å²) in [5.74, 6) is -2.28. The Morgan fingerprint density at radius 3 is 2.45 bits per heavy atom. The number of aliphatic hydroxyl groups excluding tert-OH is 1. The van der Waals surface area contributed by atoms with Gasteiger partial charge in [0, 0.05) is 12.5 Å². The summed E-state index contributed by atoms with van der Waals surface area (Å²) in [6.45, 7) is 10.6. The van der Waals surface area contributed by atoms with Crippen molar-refractivity contribution in [3.63, 3.8) is 0 Å². The van der Waals surface area contributed by atoms with E-state index in [4.69, 9.17) is 4.74 Å². The summed E-state index contributed by atoms with van der Waals surface area (Å²) in [4.78, 5) is 41.9. The standard InChI is InChI=1S/C26H44N2O5/c1-6-9-10-14-27-24(30)23-20-13-12-18(11-7-2)21(26(32)33-8-3)22(20)25(31)28(23)19(16-29)15-17(4)5/h12-13,17-23,29H,6-11,14-16H2,1-5H3,(H,27,30)/t18-,19-,20+,21-,22+,23+/m1/s1. The molecule has 0 saturated carbocycles. The van der Waals surface area contributed by atoms with Gasteiger partial charge in [0.1, 0.15) is 6.04 Å². The molecule has 1 aliphatic carbocycles. The van der Waals surface area contributed by atoms with Crippen molar-refractivity contribution in [2.45, 2.75) is 85.2 Å². The normalized spacial score (nSPS) is 27.5. The van der Waals surface area contributed by atoms with E-state index in [1.54, 1.807) is 11.8 Å². The highest BCUT2D eigenvalue weighted by molar-refractivity contribution is 5.96. The molecule has 188 valence electrons. The Bertz CT molecular complexity index is 692. The van der Waals surface area contributed by atoms with E-state index in [-0.39, 0.29) is 42.8 Å². The van der Waals surface area contributed by atoms with Gasteiger partial charge in [-0.05, 0) is 38.0 Å². The number of fused-ring (bicyclic) bond motifs is 1. The van der Waals surface area contributed by atoms with Gasteiger partial charge in [-0.3, -0.25) is 14.4 Å². The molecule has 2 amide bonds. The lowest BCUT2D eigenvalue weighted by atomic mass is 9.69. The van der Waals surface area contributed by atoms with E-state index in [1.807, 2.05) is 26.0 Å². The van der Waals surface area contributed by atoms with Crippen molar-refractivity contribution in [3.8, 4) is 0 Å². The Morgan fingerprint density at radius 1 is 1.15 bits per heavy atom. The smallest absolute Gasteiger partial charge is 0.310 e. The minimum absolute atomic E-state index is 0.0925. The number of nitrogens with one attached hydrogen (secondary N) is 1. The molecule has 2 aliphatic rings. The molecule has 6 atom stereocenters. The third-order valence-corrected chi connectivity index (χ3v) is 6.92. The number of amides is 2. The van der Waals surface area contributed by atoms with E-state index in [2.05, 4.69) is 19.2 Å². The van der Waals surface area contributed by atoms with E-state index < -0.39 is 29.8 Å². The van der Waals surface area contributed by atoms with E-state index in [0.717, 1.165) is 32.1 Å². The number of ether oxygens (including phenoxy) is 1. The van der Waals surface area contributed by atoms with Crippen LogP contribution in [-0.2, 0) is 19.1 Å². The second kappa shape index (κ2) is 13.1. The SMILES string of the molecule is CCCCCNC(=O)[C@@H]1[C@H]2C=C[C@@H](CCC)[C@@H](C(=O)OCC)[C@H]2C(=O)N1[C@@H](CO)CC(C)C. The number of rotatable bonds is 13. The quantitative estimate of drug-likeness (QED) is 0.248. The van der Waals surface area contributed by atoms with Gasteiger partial charge in [0.05, 0.1) is 31.1 Å². The highest BCUT2D eigenvalue weighted by atomic mass is 16.5. The zero-order valence-corrected chi connectivity index (χ0v) is 21.1. The van der Waals surface area contributed by atoms with Gasteiger partial charge in [-0.25, -0.2) is 0 Å². The molecular weight excluding hydrogens is 420 g/mol. The summed E-state index contributed by atoms with van der Waals surface area (Å²) < 4.78 is 5.40. The van der Waals surface area contributed by atoms with E-state index in [9.17, 15) is 19.5 Å². The van der Waals surface area contributed by atoms with Crippen molar-refractivity contribution in [2.24, 2.45) is 29.6 Å². The van der Waals surface area contributed by atoms with Gasteiger partial charge in [0.25, 0.3) is 0 Å². The van der Waals surface area contributed by atoms with Gasteiger partial charge in [0.15, 0.2) is 0 Å². The fourth-order valence-electron chi connectivity index (χ4n) is 5.52. The number of esters is 1. The zero-order chi connectivity index (χ0) is 24.5. The van der Waals surface area contributed by atoms with Crippen LogP contribution in [0.3, 0.4) is 0 Å². The molecule has 0 radical (unpaired) electrons. The monoisotopic (exact) mass is 464 g/mol. The molecule has 0 bridgehead atoms. The number of unbranched alkanes of at least 4 members (excludes halogenated alkanes) is 2. The van der Waals surface area contributed by atoms with Crippen LogP contribution in [-0.4, -0.2) is 59.6 Å². The van der Waals surface area contributed by atoms with Crippen LogP contribution in [0.2, 0.25) is 0 Å². The number of carbonyl (C=O) groups excluding carboxylic acids is 3. The second-order valence-electron chi connectivity index (χ2n) is 9.87. The lowest BCUT2D eigenvalue weighted by Gasteiger charge is -2.34. The van der Waals surface area contributed by atoms with Crippen molar-refractivity contribution >= 4 is 17.8 Å². The van der Waals surface area contributed by atoms with Gasteiger partial charge in [-0.15, -0.1) is 0 Å². The van der Waals surface area contributed by atoms with Gasteiger partial charge in [-0.1, -0.05) is 59.1 Å². The Labute approximate surface area is 199 Å². The molecule has 0 unspecified atom stereocenters. The molecule has 0 spiro atoms. The zero-order valence-electron chi connectivity index (χ0n) is 21.1. The van der Waals surface area contributed by atoms with Crippen LogP contribution in [0.15, 0.2) is 12.2 Å². The fourth-order valence-corrected chi connectivity index (χ4v) is 5.52. The second-order valence-corrected chi connectivity index (χ2v) is 9.87. The summed E-state index contributed by atoms with van der Waals surface area (Å²) in [5, 5.41) is 13.2. The Kier molecular flexibility index (Phi) is 10.9. The Morgan fingerprint density at radius 2 is 1.88 bits per heavy atom. The summed E-state index contributed by atoms with van der Waals surface area (Å²) in [6, 6.07) is -1.19. The van der Waals surface area contributed by atoms with Crippen LogP contribution >= 0.6 is 0 Å². The molecule has 1 fully saturated rings. The molecular formula is C26H44N2O5. The number of likely N-dealkylation sites (tertiary alicyclic amines) is 1. The first-order valence-corrected chi connectivity index (χ1v) is 12.9. The van der Waals surface area contributed by atoms with Crippen molar-refractivity contribution in [1.29, 1.82) is 0 Å². The minimum Gasteiger partial charge on any atom is -0.466 e. The maximum atomic E-state index is 13.9. The average molecular weight is 465 g/mol. The summed E-state index contributed by atoms with van der Waals surface area (Å²) in [5.41, 5.74) is 0. The van der Waals surface area contributed by atoms with E-state index in [0.29, 0.717) is 13.0 Å². The van der Waals surface area contributed by atoms with Crippen LogP contribution in [0.25, 0.3) is 0 Å². The van der Waals surface area contributed by atoms with Crippen LogP contribution in [0.1, 0.15) is 73.1 Å². The predicted octanol–water partition coefficient (Wildman–Crippen LogP) is 3.31. The number of hydrogen-bond donors (Lipinski definition) is 2. The molecule has 0 aromatic rings. The maximum Gasteiger partial charge on any atom is 0.310 e. The topological polar surface area (TPSA) is 95.9 Å². The lowest BCUT2D eigenvalue weighted by molar-refractivity contribution is -0.156. The molecule has 7 nitrogen and oxygen atoms in total. The van der Waals surface area contributed by atoms with E-state index >= 15 is 0 Å². The van der Waals surface area contributed by atoms with E-state index in [1.165, 1.54) is 0 Å². The van der Waals surface area contributed by atoms with Gasteiger partial charge in [0.2, 0.25) is 11.8 Å². The third-order valence-electron chi connectivity index (χ3n) is 6.92. The summed E-state index contributed by atoms with van der Waals surface area (Å²) >= 11 is 0. The fraction of sp³-hybridized carbons (Fsp3) is 0.808. The Hall–Kier alpha value is -1.89. The largest absolute Gasteiger partial charge is 0.466 e. The number of aliphatic hydroxyl groups is 1. The van der Waals surface area contributed by atoms with Gasteiger partial charge < -0.3 is 20.1 Å². The molecule has 33 heavy (non-hydrogen) atoms. The van der Waals surface area contributed by atoms with Crippen molar-refractivity contribution in [1.82, 2.24) is 10.2 Å². The maximum absolute atomic E-state index is 13.9. The first-order valence-electron chi connectivity index (χ1n) is 12.9. The number of allylic oxidation sites excluding steroid dienone is 1. The first kappa shape index (κ1) is 27.4. The van der Waals surface area contributed by atoms with Crippen LogP contribution < -0.4 is 5.32 Å². The summed E-state index contributed by atoms with van der Waals surface area (Å²) in [6.07, 6.45) is 9.19.